The number of hydrogen-bond donors (Lipinski definition) is 2. The first kappa shape index (κ1) is 16.1. The number of halogens is 1. The van der Waals surface area contributed by atoms with Crippen molar-refractivity contribution in [2.24, 2.45) is 0 Å². The molecular weight excluding hydrogens is 330 g/mol. The highest BCUT2D eigenvalue weighted by atomic mass is 35.5. The van der Waals surface area contributed by atoms with E-state index in [1.807, 2.05) is 19.1 Å². The van der Waals surface area contributed by atoms with Crippen LogP contribution in [0.3, 0.4) is 0 Å². The molecule has 2 aromatic carbocycles. The summed E-state index contributed by atoms with van der Waals surface area (Å²) in [5.74, 6) is 1.67. The summed E-state index contributed by atoms with van der Waals surface area (Å²) in [7, 11) is 3.11. The maximum atomic E-state index is 10.0. The van der Waals surface area contributed by atoms with E-state index in [1.54, 1.807) is 32.4 Å². The van der Waals surface area contributed by atoms with Crippen LogP contribution in [0.5, 0.6) is 17.2 Å². The Morgan fingerprint density at radius 2 is 1.75 bits per heavy atom. The first-order valence-electron chi connectivity index (χ1n) is 7.17. The summed E-state index contributed by atoms with van der Waals surface area (Å²) in [5, 5.41) is 13.9. The van der Waals surface area contributed by atoms with Crippen molar-refractivity contribution in [2.75, 3.05) is 19.5 Å². The Kier molecular flexibility index (Phi) is 4.31. The average Bonchev–Trinajstić information content (AvgIpc) is 2.56. The molecule has 0 spiro atoms. The lowest BCUT2D eigenvalue weighted by atomic mass is 10.2. The molecule has 6 nitrogen and oxygen atoms in total. The molecule has 0 aliphatic carbocycles. The predicted octanol–water partition coefficient (Wildman–Crippen LogP) is 4.06. The van der Waals surface area contributed by atoms with Gasteiger partial charge in [-0.15, -0.1) is 0 Å². The number of rotatable bonds is 4. The first-order valence-corrected chi connectivity index (χ1v) is 7.55. The molecule has 0 saturated heterocycles. The van der Waals surface area contributed by atoms with Crippen LogP contribution in [0.2, 0.25) is 5.28 Å². The van der Waals surface area contributed by atoms with E-state index in [0.29, 0.717) is 33.9 Å². The predicted molar refractivity (Wildman–Crippen MR) is 93.8 cm³/mol. The zero-order valence-electron chi connectivity index (χ0n) is 13.4. The fraction of sp³-hybridized carbons (Fsp3) is 0.176. The average molecular weight is 346 g/mol. The summed E-state index contributed by atoms with van der Waals surface area (Å²) in [6.07, 6.45) is 0. The van der Waals surface area contributed by atoms with Gasteiger partial charge in [-0.3, -0.25) is 0 Å². The Balaban J connectivity index is 2.17. The number of nitrogens with one attached hydrogen (secondary N) is 1. The van der Waals surface area contributed by atoms with Gasteiger partial charge in [0.05, 0.1) is 25.4 Å². The summed E-state index contributed by atoms with van der Waals surface area (Å²) in [6.45, 7) is 1.93. The maximum Gasteiger partial charge on any atom is 0.224 e. The van der Waals surface area contributed by atoms with Gasteiger partial charge in [0.25, 0.3) is 0 Å². The third-order valence-corrected chi connectivity index (χ3v) is 3.75. The van der Waals surface area contributed by atoms with Gasteiger partial charge in [0.1, 0.15) is 11.6 Å². The number of ether oxygens (including phenoxy) is 2. The third-order valence-electron chi connectivity index (χ3n) is 3.58. The van der Waals surface area contributed by atoms with Crippen molar-refractivity contribution in [3.05, 3.63) is 41.2 Å². The highest BCUT2D eigenvalue weighted by Crippen LogP contribution is 2.36. The van der Waals surface area contributed by atoms with Crippen molar-refractivity contribution < 1.29 is 14.6 Å². The third kappa shape index (κ3) is 3.00. The summed E-state index contributed by atoms with van der Waals surface area (Å²) in [6, 6.07) is 8.74. The van der Waals surface area contributed by atoms with Crippen LogP contribution in [-0.4, -0.2) is 29.3 Å². The number of methoxy groups -OCH3 is 2. The number of aromatic nitrogens is 2. The summed E-state index contributed by atoms with van der Waals surface area (Å²) in [5.41, 5.74) is 2.13. The van der Waals surface area contributed by atoms with Gasteiger partial charge in [-0.1, -0.05) is 6.07 Å². The number of nitrogens with zero attached hydrogens (tertiary/aromatic N) is 2. The number of anilines is 2. The van der Waals surface area contributed by atoms with Crippen LogP contribution in [0.4, 0.5) is 11.5 Å². The molecule has 1 heterocycles. The number of phenols is 1. The molecule has 24 heavy (non-hydrogen) atoms. The summed E-state index contributed by atoms with van der Waals surface area (Å²) in [4.78, 5) is 8.45. The van der Waals surface area contributed by atoms with Gasteiger partial charge in [0, 0.05) is 11.5 Å². The van der Waals surface area contributed by atoms with Gasteiger partial charge >= 0.3 is 0 Å². The minimum absolute atomic E-state index is 0.0874. The monoisotopic (exact) mass is 345 g/mol. The van der Waals surface area contributed by atoms with E-state index in [2.05, 4.69) is 15.3 Å². The van der Waals surface area contributed by atoms with Crippen LogP contribution < -0.4 is 14.8 Å². The van der Waals surface area contributed by atoms with Crippen LogP contribution in [0.1, 0.15) is 5.56 Å². The maximum absolute atomic E-state index is 10.0. The fourth-order valence-electron chi connectivity index (χ4n) is 2.40. The number of fused-ring (bicyclic) bond motifs is 1. The van der Waals surface area contributed by atoms with Crippen molar-refractivity contribution in [3.63, 3.8) is 0 Å². The number of aryl methyl sites for hydroxylation is 1. The molecule has 0 radical (unpaired) electrons. The Morgan fingerprint density at radius 1 is 1.04 bits per heavy atom. The molecule has 2 N–H and O–H groups in total. The van der Waals surface area contributed by atoms with E-state index in [4.69, 9.17) is 21.1 Å². The number of aromatic hydroxyl groups is 1. The highest BCUT2D eigenvalue weighted by molar-refractivity contribution is 6.28. The molecule has 0 amide bonds. The second-order valence-electron chi connectivity index (χ2n) is 5.21. The number of phenolic OH excluding ortho intramolecular Hbond substituents is 1. The Labute approximate surface area is 144 Å². The smallest absolute Gasteiger partial charge is 0.224 e. The number of hydrogen-bond acceptors (Lipinski definition) is 6. The van der Waals surface area contributed by atoms with Crippen molar-refractivity contribution >= 4 is 34.0 Å². The molecule has 0 bridgehead atoms. The lowest BCUT2D eigenvalue weighted by molar-refractivity contribution is 0.356. The van der Waals surface area contributed by atoms with Crippen LogP contribution in [0.25, 0.3) is 10.9 Å². The van der Waals surface area contributed by atoms with Gasteiger partial charge in [-0.25, -0.2) is 4.98 Å². The number of benzene rings is 2. The first-order chi connectivity index (χ1) is 11.5. The second-order valence-corrected chi connectivity index (χ2v) is 5.55. The molecule has 3 rings (SSSR count). The lowest BCUT2D eigenvalue weighted by Gasteiger charge is -2.13. The van der Waals surface area contributed by atoms with E-state index in [9.17, 15) is 5.11 Å². The van der Waals surface area contributed by atoms with Crippen molar-refractivity contribution in [3.8, 4) is 17.2 Å². The van der Waals surface area contributed by atoms with Gasteiger partial charge in [-0.2, -0.15) is 4.98 Å². The quantitative estimate of drug-likeness (QED) is 0.548. The van der Waals surface area contributed by atoms with E-state index in [1.165, 1.54) is 0 Å². The van der Waals surface area contributed by atoms with Crippen molar-refractivity contribution in [1.29, 1.82) is 0 Å². The summed E-state index contributed by atoms with van der Waals surface area (Å²) >= 11 is 6.03. The van der Waals surface area contributed by atoms with E-state index < -0.39 is 0 Å². The van der Waals surface area contributed by atoms with Crippen LogP contribution in [-0.2, 0) is 0 Å². The molecule has 7 heteroatoms. The molecule has 0 saturated carbocycles. The minimum atomic E-state index is 0.0874. The normalized spacial score (nSPS) is 10.7. The Bertz CT molecular complexity index is 915. The molecule has 0 aliphatic rings. The topological polar surface area (TPSA) is 76.5 Å². The lowest BCUT2D eigenvalue weighted by Crippen LogP contribution is -1.99. The van der Waals surface area contributed by atoms with Crippen LogP contribution in [0.15, 0.2) is 30.3 Å². The van der Waals surface area contributed by atoms with Crippen LogP contribution in [0, 0.1) is 6.92 Å². The van der Waals surface area contributed by atoms with E-state index in [-0.39, 0.29) is 11.0 Å². The molecular formula is C17H16ClN3O3. The largest absolute Gasteiger partial charge is 0.506 e. The molecule has 1 aromatic heterocycles. The highest BCUT2D eigenvalue weighted by Gasteiger charge is 2.14. The van der Waals surface area contributed by atoms with Gasteiger partial charge < -0.3 is 19.9 Å². The molecule has 0 fully saturated rings. The zero-order valence-corrected chi connectivity index (χ0v) is 14.2. The zero-order chi connectivity index (χ0) is 17.3. The van der Waals surface area contributed by atoms with Gasteiger partial charge in [-0.05, 0) is 42.3 Å². The van der Waals surface area contributed by atoms with Crippen LogP contribution >= 0.6 is 11.6 Å². The van der Waals surface area contributed by atoms with Gasteiger partial charge in [0.15, 0.2) is 11.5 Å². The minimum Gasteiger partial charge on any atom is -0.506 e. The molecule has 0 unspecified atom stereocenters. The van der Waals surface area contributed by atoms with E-state index in [0.717, 1.165) is 5.56 Å². The molecule has 0 atom stereocenters. The van der Waals surface area contributed by atoms with Crippen molar-refractivity contribution in [2.45, 2.75) is 6.92 Å². The second kappa shape index (κ2) is 6.41. The molecule has 124 valence electrons. The standard InChI is InChI=1S/C17H16ClN3O3/c1-9-4-5-13(22)12(6-9)19-16-10-7-14(23-2)15(24-3)8-11(10)20-17(18)21-16/h4-8,22H,1-3H3,(H,19,20,21). The Morgan fingerprint density at radius 3 is 2.46 bits per heavy atom. The van der Waals surface area contributed by atoms with Gasteiger partial charge in [0.2, 0.25) is 5.28 Å². The Hall–Kier alpha value is -2.73. The van der Waals surface area contributed by atoms with E-state index >= 15 is 0 Å². The fourth-order valence-corrected chi connectivity index (χ4v) is 2.58. The SMILES string of the molecule is COc1cc2nc(Cl)nc(Nc3cc(C)ccc3O)c2cc1OC. The summed E-state index contributed by atoms with van der Waals surface area (Å²) < 4.78 is 10.6. The van der Waals surface area contributed by atoms with Crippen molar-refractivity contribution in [1.82, 2.24) is 9.97 Å². The molecule has 3 aromatic rings. The molecule has 0 aliphatic heterocycles.